The summed E-state index contributed by atoms with van der Waals surface area (Å²) < 4.78 is 0. The van der Waals surface area contributed by atoms with E-state index in [2.05, 4.69) is 131 Å². The van der Waals surface area contributed by atoms with Crippen molar-refractivity contribution in [2.24, 2.45) is 0 Å². The minimum atomic E-state index is 0.264. The maximum absolute atomic E-state index is 5.02. The highest BCUT2D eigenvalue weighted by atomic mass is 15.3. The van der Waals surface area contributed by atoms with Crippen LogP contribution in [0.3, 0.4) is 0 Å². The van der Waals surface area contributed by atoms with Crippen LogP contribution in [0.4, 0.5) is 0 Å². The van der Waals surface area contributed by atoms with Gasteiger partial charge in [0.25, 0.3) is 0 Å². The Morgan fingerprint density at radius 3 is 0.923 bits per heavy atom. The smallest absolute Gasteiger partial charge is 0.0622 e. The molecule has 6 nitrogen and oxygen atoms in total. The Kier molecular flexibility index (Phi) is 9.07. The van der Waals surface area contributed by atoms with Gasteiger partial charge in [0.2, 0.25) is 0 Å². The molecule has 0 bridgehead atoms. The maximum atomic E-state index is 5.02. The number of aromatic nitrogens is 4. The van der Waals surface area contributed by atoms with E-state index < -0.39 is 0 Å². The van der Waals surface area contributed by atoms with E-state index in [4.69, 9.17) is 19.9 Å². The summed E-state index contributed by atoms with van der Waals surface area (Å²) in [5, 5.41) is 9.75. The Labute approximate surface area is 304 Å². The third-order valence-corrected chi connectivity index (χ3v) is 11.1. The van der Waals surface area contributed by atoms with Crippen molar-refractivity contribution in [2.45, 2.75) is 63.9 Å². The number of pyridine rings is 4. The summed E-state index contributed by atoms with van der Waals surface area (Å²) in [4.78, 5) is 25.5. The standard InChI is InChI=1S/C46H42N6/c1-5-15-37-33(11-1)21-25-47-41(37)29-51(30-42-38-16-6-2-12-34(38)22-26-48-42)45-19-9-10-20-46(45)52(31-43-39-17-7-3-13-35(39)23-27-49-43)32-44-40-18-8-4-14-36(40)24-28-50-44/h1-8,11-18,21-28,45-46H,9-10,19-20,29-32H2/t45-,46-/m1/s1. The van der Waals surface area contributed by atoms with E-state index in [-0.39, 0.29) is 12.1 Å². The van der Waals surface area contributed by atoms with E-state index in [9.17, 15) is 0 Å². The van der Waals surface area contributed by atoms with Crippen LogP contribution in [0.5, 0.6) is 0 Å². The summed E-state index contributed by atoms with van der Waals surface area (Å²) in [6, 6.07) is 43.6. The van der Waals surface area contributed by atoms with Crippen LogP contribution in [-0.4, -0.2) is 41.8 Å². The average molecular weight is 679 g/mol. The molecule has 0 saturated heterocycles. The Bertz CT molecular complexity index is 2140. The van der Waals surface area contributed by atoms with Crippen molar-refractivity contribution >= 4 is 43.1 Å². The first-order valence-electron chi connectivity index (χ1n) is 18.6. The van der Waals surface area contributed by atoms with Gasteiger partial charge in [0.05, 0.1) is 22.8 Å². The Morgan fingerprint density at radius 1 is 0.365 bits per heavy atom. The van der Waals surface area contributed by atoms with Crippen molar-refractivity contribution in [3.63, 3.8) is 0 Å². The highest BCUT2D eigenvalue weighted by Gasteiger charge is 2.36. The molecule has 6 heteroatoms. The topological polar surface area (TPSA) is 58.0 Å². The fraction of sp³-hybridized carbons (Fsp3) is 0.217. The summed E-state index contributed by atoms with van der Waals surface area (Å²) >= 11 is 0. The monoisotopic (exact) mass is 678 g/mol. The van der Waals surface area contributed by atoms with Crippen molar-refractivity contribution in [1.29, 1.82) is 0 Å². The number of rotatable bonds is 10. The fourth-order valence-electron chi connectivity index (χ4n) is 8.53. The number of hydrogen-bond acceptors (Lipinski definition) is 6. The molecule has 9 rings (SSSR count). The van der Waals surface area contributed by atoms with E-state index in [1.54, 1.807) is 0 Å². The second kappa shape index (κ2) is 14.6. The first-order chi connectivity index (χ1) is 25.8. The van der Waals surface area contributed by atoms with Gasteiger partial charge in [0, 0.05) is 84.6 Å². The van der Waals surface area contributed by atoms with Crippen molar-refractivity contribution in [3.05, 3.63) is 169 Å². The van der Waals surface area contributed by atoms with Crippen LogP contribution >= 0.6 is 0 Å². The van der Waals surface area contributed by atoms with Gasteiger partial charge in [-0.1, -0.05) is 110 Å². The van der Waals surface area contributed by atoms with Gasteiger partial charge in [-0.15, -0.1) is 0 Å². The van der Waals surface area contributed by atoms with Gasteiger partial charge in [0.1, 0.15) is 0 Å². The summed E-state index contributed by atoms with van der Waals surface area (Å²) in [5.74, 6) is 0. The Morgan fingerprint density at radius 2 is 0.635 bits per heavy atom. The molecule has 8 aromatic rings. The Balaban J connectivity index is 1.16. The molecule has 0 spiro atoms. The van der Waals surface area contributed by atoms with Gasteiger partial charge in [-0.2, -0.15) is 0 Å². The molecule has 1 aliphatic carbocycles. The van der Waals surface area contributed by atoms with E-state index in [0.29, 0.717) is 0 Å². The lowest BCUT2D eigenvalue weighted by atomic mass is 9.87. The molecule has 2 atom stereocenters. The largest absolute Gasteiger partial charge is 0.287 e. The maximum Gasteiger partial charge on any atom is 0.0622 e. The van der Waals surface area contributed by atoms with Gasteiger partial charge in [0.15, 0.2) is 0 Å². The van der Waals surface area contributed by atoms with Crippen molar-refractivity contribution in [2.75, 3.05) is 0 Å². The molecular formula is C46H42N6. The summed E-state index contributed by atoms with van der Waals surface area (Å²) in [7, 11) is 0. The number of benzene rings is 4. The number of hydrogen-bond donors (Lipinski definition) is 0. The van der Waals surface area contributed by atoms with Crippen LogP contribution in [0.15, 0.2) is 146 Å². The van der Waals surface area contributed by atoms with Crippen LogP contribution in [0, 0.1) is 0 Å². The van der Waals surface area contributed by atoms with E-state index in [1.165, 1.54) is 55.9 Å². The third kappa shape index (κ3) is 6.52. The van der Waals surface area contributed by atoms with Crippen molar-refractivity contribution in [3.8, 4) is 0 Å². The molecule has 0 N–H and O–H groups in total. The lowest BCUT2D eigenvalue weighted by molar-refractivity contribution is 0.0281. The predicted octanol–water partition coefficient (Wildman–Crippen LogP) is 9.90. The second-order valence-corrected chi connectivity index (χ2v) is 14.1. The number of nitrogens with zero attached hydrogens (tertiary/aromatic N) is 6. The molecule has 0 aliphatic heterocycles. The van der Waals surface area contributed by atoms with Crippen molar-refractivity contribution < 1.29 is 0 Å². The minimum Gasteiger partial charge on any atom is -0.287 e. The van der Waals surface area contributed by atoms with Gasteiger partial charge in [-0.25, -0.2) is 0 Å². The van der Waals surface area contributed by atoms with Gasteiger partial charge in [-0.3, -0.25) is 29.7 Å². The molecule has 4 aromatic heterocycles. The molecule has 256 valence electrons. The molecule has 0 unspecified atom stereocenters. The summed E-state index contributed by atoms with van der Waals surface area (Å²) in [6.45, 7) is 2.95. The third-order valence-electron chi connectivity index (χ3n) is 11.1. The predicted molar refractivity (Wildman–Crippen MR) is 212 cm³/mol. The quantitative estimate of drug-likeness (QED) is 0.144. The molecular weight excluding hydrogens is 637 g/mol. The van der Waals surface area contributed by atoms with Crippen LogP contribution in [0.2, 0.25) is 0 Å². The van der Waals surface area contributed by atoms with Gasteiger partial charge < -0.3 is 0 Å². The lowest BCUT2D eigenvalue weighted by Crippen LogP contribution is -2.52. The highest BCUT2D eigenvalue weighted by Crippen LogP contribution is 2.34. The summed E-state index contributed by atoms with van der Waals surface area (Å²) in [5.41, 5.74) is 4.45. The molecule has 1 saturated carbocycles. The highest BCUT2D eigenvalue weighted by molar-refractivity contribution is 5.86. The van der Waals surface area contributed by atoms with Gasteiger partial charge >= 0.3 is 0 Å². The fourth-order valence-corrected chi connectivity index (χ4v) is 8.53. The van der Waals surface area contributed by atoms with Crippen LogP contribution in [-0.2, 0) is 26.2 Å². The molecule has 4 aromatic carbocycles. The lowest BCUT2D eigenvalue weighted by Gasteiger charge is -2.45. The first kappa shape index (κ1) is 32.4. The molecule has 4 heterocycles. The van der Waals surface area contributed by atoms with Crippen LogP contribution < -0.4 is 0 Å². The van der Waals surface area contributed by atoms with Crippen LogP contribution in [0.25, 0.3) is 43.1 Å². The SMILES string of the molecule is c1ccc2c(CN(Cc3nccc4ccccc34)[C@@H]3CCCC[C@H]3N(Cc3nccc4ccccc34)Cc3nccc4ccccc34)nccc2c1. The molecule has 0 amide bonds. The Hall–Kier alpha value is -5.56. The normalized spacial score (nSPS) is 16.4. The van der Waals surface area contributed by atoms with E-state index in [0.717, 1.165) is 61.8 Å². The zero-order valence-electron chi connectivity index (χ0n) is 29.4. The van der Waals surface area contributed by atoms with E-state index >= 15 is 0 Å². The molecule has 0 radical (unpaired) electrons. The zero-order valence-corrected chi connectivity index (χ0v) is 29.4. The number of fused-ring (bicyclic) bond motifs is 4. The molecule has 1 fully saturated rings. The molecule has 1 aliphatic rings. The van der Waals surface area contributed by atoms with Crippen molar-refractivity contribution in [1.82, 2.24) is 29.7 Å². The minimum absolute atomic E-state index is 0.264. The zero-order chi connectivity index (χ0) is 34.7. The first-order valence-corrected chi connectivity index (χ1v) is 18.6. The average Bonchev–Trinajstić information content (AvgIpc) is 3.21. The van der Waals surface area contributed by atoms with Gasteiger partial charge in [-0.05, 0) is 58.7 Å². The summed E-state index contributed by atoms with van der Waals surface area (Å²) in [6.07, 6.45) is 12.5. The second-order valence-electron chi connectivity index (χ2n) is 14.1. The van der Waals surface area contributed by atoms with E-state index in [1.807, 2.05) is 24.8 Å². The molecule has 52 heavy (non-hydrogen) atoms. The van der Waals surface area contributed by atoms with Crippen LogP contribution in [0.1, 0.15) is 48.5 Å².